The van der Waals surface area contributed by atoms with Gasteiger partial charge in [0.1, 0.15) is 18.1 Å². The van der Waals surface area contributed by atoms with E-state index in [4.69, 9.17) is 9.72 Å². The topological polar surface area (TPSA) is 83.8 Å². The first-order valence-electron chi connectivity index (χ1n) is 13.1. The molecule has 0 radical (unpaired) electrons. The average molecular weight is 519 g/mol. The molecule has 1 aliphatic heterocycles. The summed E-state index contributed by atoms with van der Waals surface area (Å²) < 4.78 is 7.60. The predicted octanol–water partition coefficient (Wildman–Crippen LogP) is 5.03. The van der Waals surface area contributed by atoms with Crippen molar-refractivity contribution >= 4 is 22.9 Å². The second-order valence-corrected chi connectivity index (χ2v) is 9.63. The number of likely N-dealkylation sites (N-methyl/N-ethyl adjacent to an activating group) is 1. The van der Waals surface area contributed by atoms with E-state index in [2.05, 4.69) is 20.6 Å². The van der Waals surface area contributed by atoms with Crippen LogP contribution in [0.5, 0.6) is 5.75 Å². The summed E-state index contributed by atoms with van der Waals surface area (Å²) in [5.74, 6) is 0.524. The fraction of sp³-hybridized carbons (Fsp3) is 0.194. The molecule has 1 saturated heterocycles. The number of anilines is 2. The van der Waals surface area contributed by atoms with Crippen molar-refractivity contribution < 1.29 is 9.53 Å². The van der Waals surface area contributed by atoms with Crippen LogP contribution in [0.25, 0.3) is 16.8 Å². The van der Waals surface area contributed by atoms with E-state index in [-0.39, 0.29) is 5.91 Å². The molecule has 0 unspecified atom stereocenters. The molecule has 1 atom stereocenters. The fourth-order valence-corrected chi connectivity index (χ4v) is 4.93. The van der Waals surface area contributed by atoms with E-state index < -0.39 is 0 Å². The highest BCUT2D eigenvalue weighted by Gasteiger charge is 2.23. The molecular formula is C31H30N6O2. The standard InChI is InChI=1S/C31H30N6O2/c1-32-24-15-17-36(20-24)29-10-6-5-9-27(29)35-31(38)28-16-18-37-30(34-28)26(19-33-37)23-11-13-25(14-12-23)39-21-22-7-3-2-4-8-22/h2-14,16,18-19,24,32H,15,17,20-21H2,1H3,(H,35,38)/t24-/m1/s1. The number of carbonyl (C=O) groups is 1. The van der Waals surface area contributed by atoms with Gasteiger partial charge in [0.2, 0.25) is 0 Å². The quantitative estimate of drug-likeness (QED) is 0.300. The minimum absolute atomic E-state index is 0.258. The molecule has 196 valence electrons. The number of carbonyl (C=O) groups excluding carboxylic acids is 1. The van der Waals surface area contributed by atoms with Crippen molar-refractivity contribution in [3.8, 4) is 16.9 Å². The van der Waals surface area contributed by atoms with Gasteiger partial charge in [-0.3, -0.25) is 4.79 Å². The van der Waals surface area contributed by atoms with Crippen molar-refractivity contribution in [1.82, 2.24) is 19.9 Å². The highest BCUT2D eigenvalue weighted by molar-refractivity contribution is 6.05. The maximum atomic E-state index is 13.3. The van der Waals surface area contributed by atoms with Crippen molar-refractivity contribution in [3.63, 3.8) is 0 Å². The predicted molar refractivity (Wildman–Crippen MR) is 153 cm³/mol. The van der Waals surface area contributed by atoms with Gasteiger partial charge in [-0.15, -0.1) is 0 Å². The van der Waals surface area contributed by atoms with Crippen molar-refractivity contribution in [1.29, 1.82) is 0 Å². The van der Waals surface area contributed by atoms with Crippen molar-refractivity contribution in [2.45, 2.75) is 19.1 Å². The lowest BCUT2D eigenvalue weighted by molar-refractivity contribution is 0.102. The number of para-hydroxylation sites is 2. The number of rotatable bonds is 8. The molecule has 0 bridgehead atoms. The minimum atomic E-state index is -0.258. The summed E-state index contributed by atoms with van der Waals surface area (Å²) >= 11 is 0. The van der Waals surface area contributed by atoms with Gasteiger partial charge in [0.15, 0.2) is 5.65 Å². The lowest BCUT2D eigenvalue weighted by Crippen LogP contribution is -2.30. The molecule has 0 saturated carbocycles. The van der Waals surface area contributed by atoms with Crippen molar-refractivity contribution in [3.05, 3.63) is 109 Å². The van der Waals surface area contributed by atoms with Gasteiger partial charge in [-0.05, 0) is 54.9 Å². The third-order valence-electron chi connectivity index (χ3n) is 7.10. The van der Waals surface area contributed by atoms with Gasteiger partial charge < -0.3 is 20.3 Å². The van der Waals surface area contributed by atoms with E-state index in [0.29, 0.717) is 24.0 Å². The Labute approximate surface area is 227 Å². The van der Waals surface area contributed by atoms with E-state index in [1.807, 2.05) is 85.9 Å². The van der Waals surface area contributed by atoms with E-state index in [0.717, 1.165) is 53.3 Å². The van der Waals surface area contributed by atoms with Crippen LogP contribution in [0.4, 0.5) is 11.4 Å². The van der Waals surface area contributed by atoms with E-state index in [1.54, 1.807) is 23.0 Å². The second-order valence-electron chi connectivity index (χ2n) is 9.63. The van der Waals surface area contributed by atoms with Crippen molar-refractivity contribution in [2.75, 3.05) is 30.4 Å². The molecule has 0 spiro atoms. The second kappa shape index (κ2) is 11.0. The molecule has 1 fully saturated rings. The first-order valence-corrected chi connectivity index (χ1v) is 13.1. The van der Waals surface area contributed by atoms with E-state index >= 15 is 0 Å². The van der Waals surface area contributed by atoms with Crippen LogP contribution in [0.15, 0.2) is 97.3 Å². The van der Waals surface area contributed by atoms with E-state index in [1.165, 1.54) is 0 Å². The van der Waals surface area contributed by atoms with Gasteiger partial charge in [0.05, 0.1) is 17.6 Å². The zero-order valence-electron chi connectivity index (χ0n) is 21.7. The largest absolute Gasteiger partial charge is 0.489 e. The Bertz CT molecular complexity index is 1580. The summed E-state index contributed by atoms with van der Waals surface area (Å²) in [4.78, 5) is 20.3. The molecule has 0 aliphatic carbocycles. The summed E-state index contributed by atoms with van der Waals surface area (Å²) in [5, 5.41) is 10.9. The summed E-state index contributed by atoms with van der Waals surface area (Å²) in [6.07, 6.45) is 4.60. The number of nitrogens with zero attached hydrogens (tertiary/aromatic N) is 4. The fourth-order valence-electron chi connectivity index (χ4n) is 4.93. The zero-order chi connectivity index (χ0) is 26.6. The lowest BCUT2D eigenvalue weighted by Gasteiger charge is -2.22. The van der Waals surface area contributed by atoms with Crippen LogP contribution in [0.1, 0.15) is 22.5 Å². The number of hydrogen-bond acceptors (Lipinski definition) is 6. The molecule has 1 amide bonds. The molecule has 2 N–H and O–H groups in total. The molecule has 3 aromatic carbocycles. The maximum absolute atomic E-state index is 13.3. The molecule has 5 aromatic rings. The number of ether oxygens (including phenoxy) is 1. The smallest absolute Gasteiger partial charge is 0.274 e. The Kier molecular flexibility index (Phi) is 6.93. The van der Waals surface area contributed by atoms with Crippen LogP contribution < -0.4 is 20.3 Å². The summed E-state index contributed by atoms with van der Waals surface area (Å²) in [5.41, 5.74) is 5.64. The number of nitrogens with one attached hydrogen (secondary N) is 2. The van der Waals surface area contributed by atoms with Gasteiger partial charge in [0, 0.05) is 30.9 Å². The van der Waals surface area contributed by atoms with Crippen LogP contribution in [0.2, 0.25) is 0 Å². The number of aromatic nitrogens is 3. The van der Waals surface area contributed by atoms with Gasteiger partial charge in [-0.25, -0.2) is 9.50 Å². The molecule has 2 aromatic heterocycles. The van der Waals surface area contributed by atoms with Gasteiger partial charge in [0.25, 0.3) is 5.91 Å². The first-order chi connectivity index (χ1) is 19.2. The SMILES string of the molecule is CN[C@@H]1CCN(c2ccccc2NC(=O)c2ccn3ncc(-c4ccc(OCc5ccccc5)cc4)c3n2)C1. The van der Waals surface area contributed by atoms with Gasteiger partial charge in [-0.2, -0.15) is 5.10 Å². The Morgan fingerprint density at radius 1 is 1.00 bits per heavy atom. The number of benzene rings is 3. The number of amides is 1. The monoisotopic (exact) mass is 518 g/mol. The Hall–Kier alpha value is -4.69. The number of hydrogen-bond donors (Lipinski definition) is 2. The molecule has 39 heavy (non-hydrogen) atoms. The van der Waals surface area contributed by atoms with Crippen LogP contribution in [-0.2, 0) is 6.61 Å². The van der Waals surface area contributed by atoms with Crippen molar-refractivity contribution in [2.24, 2.45) is 0 Å². The highest BCUT2D eigenvalue weighted by atomic mass is 16.5. The van der Waals surface area contributed by atoms with Crippen LogP contribution >= 0.6 is 0 Å². The Morgan fingerprint density at radius 2 is 1.79 bits per heavy atom. The first kappa shape index (κ1) is 24.6. The third-order valence-corrected chi connectivity index (χ3v) is 7.10. The summed E-state index contributed by atoms with van der Waals surface area (Å²) in [6.45, 7) is 2.36. The normalized spacial score (nSPS) is 15.0. The maximum Gasteiger partial charge on any atom is 0.274 e. The lowest BCUT2D eigenvalue weighted by atomic mass is 10.1. The molecular weight excluding hydrogens is 488 g/mol. The zero-order valence-corrected chi connectivity index (χ0v) is 21.7. The van der Waals surface area contributed by atoms with Gasteiger partial charge >= 0.3 is 0 Å². The highest BCUT2D eigenvalue weighted by Crippen LogP contribution is 2.30. The molecule has 8 nitrogen and oxygen atoms in total. The Balaban J connectivity index is 1.20. The van der Waals surface area contributed by atoms with Crippen LogP contribution in [-0.4, -0.2) is 46.7 Å². The Morgan fingerprint density at radius 3 is 2.59 bits per heavy atom. The average Bonchev–Trinajstić information content (AvgIpc) is 3.64. The molecule has 3 heterocycles. The van der Waals surface area contributed by atoms with Crippen LogP contribution in [0.3, 0.4) is 0 Å². The minimum Gasteiger partial charge on any atom is -0.489 e. The van der Waals surface area contributed by atoms with Crippen LogP contribution in [0, 0.1) is 0 Å². The van der Waals surface area contributed by atoms with E-state index in [9.17, 15) is 4.79 Å². The summed E-state index contributed by atoms with van der Waals surface area (Å²) in [6, 6.07) is 28.0. The van der Waals surface area contributed by atoms with Gasteiger partial charge in [-0.1, -0.05) is 54.6 Å². The number of fused-ring (bicyclic) bond motifs is 1. The molecule has 8 heteroatoms. The molecule has 1 aliphatic rings. The summed E-state index contributed by atoms with van der Waals surface area (Å²) in [7, 11) is 1.99. The molecule has 6 rings (SSSR count). The third kappa shape index (κ3) is 5.32.